The molecule has 104 valence electrons. The van der Waals surface area contributed by atoms with Gasteiger partial charge < -0.3 is 9.80 Å². The molecule has 4 heteroatoms. The van der Waals surface area contributed by atoms with Crippen molar-refractivity contribution in [3.8, 4) is 0 Å². The molecule has 0 saturated carbocycles. The van der Waals surface area contributed by atoms with Crippen LogP contribution >= 0.6 is 11.6 Å². The highest BCUT2D eigenvalue weighted by Crippen LogP contribution is 2.19. The number of amides is 1. The van der Waals surface area contributed by atoms with Crippen LogP contribution in [-0.4, -0.2) is 47.8 Å². The van der Waals surface area contributed by atoms with E-state index in [-0.39, 0.29) is 11.8 Å². The summed E-state index contributed by atoms with van der Waals surface area (Å²) < 4.78 is 0. The summed E-state index contributed by atoms with van der Waals surface area (Å²) in [6, 6.07) is 10.7. The first-order valence-electron chi connectivity index (χ1n) is 6.78. The van der Waals surface area contributed by atoms with Gasteiger partial charge in [-0.25, -0.2) is 0 Å². The Morgan fingerprint density at radius 1 is 1.42 bits per heavy atom. The Morgan fingerprint density at radius 2 is 2.16 bits per heavy atom. The van der Waals surface area contributed by atoms with Gasteiger partial charge in [0.05, 0.1) is 0 Å². The summed E-state index contributed by atoms with van der Waals surface area (Å²) in [5.41, 5.74) is 1.30. The van der Waals surface area contributed by atoms with Gasteiger partial charge in [-0.15, -0.1) is 11.6 Å². The Balaban J connectivity index is 1.88. The molecular formula is C15H21ClN2O. The van der Waals surface area contributed by atoms with Gasteiger partial charge in [0, 0.05) is 25.7 Å². The number of rotatable bonds is 5. The molecule has 2 rings (SSSR count). The first-order valence-corrected chi connectivity index (χ1v) is 7.32. The van der Waals surface area contributed by atoms with Crippen molar-refractivity contribution < 1.29 is 4.79 Å². The minimum absolute atomic E-state index is 0.0669. The highest BCUT2D eigenvalue weighted by atomic mass is 35.5. The van der Waals surface area contributed by atoms with E-state index >= 15 is 0 Å². The van der Waals surface area contributed by atoms with Gasteiger partial charge in [0.15, 0.2) is 0 Å². The molecule has 1 atom stereocenters. The first kappa shape index (κ1) is 14.4. The fourth-order valence-electron chi connectivity index (χ4n) is 2.75. The maximum Gasteiger partial charge on any atom is 0.237 e. The third-order valence-corrected chi connectivity index (χ3v) is 3.86. The highest BCUT2D eigenvalue weighted by Gasteiger charge is 2.28. The zero-order valence-electron chi connectivity index (χ0n) is 11.4. The lowest BCUT2D eigenvalue weighted by molar-refractivity contribution is -0.129. The van der Waals surface area contributed by atoms with E-state index in [1.54, 1.807) is 0 Å². The van der Waals surface area contributed by atoms with Crippen LogP contribution in [0.4, 0.5) is 0 Å². The number of hydrogen-bond donors (Lipinski definition) is 0. The molecule has 1 aliphatic heterocycles. The van der Waals surface area contributed by atoms with Crippen molar-refractivity contribution in [3.05, 3.63) is 35.9 Å². The molecule has 1 saturated heterocycles. The van der Waals surface area contributed by atoms with Crippen LogP contribution in [0.1, 0.15) is 18.4 Å². The van der Waals surface area contributed by atoms with Gasteiger partial charge >= 0.3 is 0 Å². The molecule has 1 aromatic carbocycles. The number of alkyl halides is 1. The molecule has 0 spiro atoms. The number of hydrogen-bond acceptors (Lipinski definition) is 2. The van der Waals surface area contributed by atoms with Crippen molar-refractivity contribution >= 4 is 17.5 Å². The second kappa shape index (κ2) is 6.92. The summed E-state index contributed by atoms with van der Waals surface area (Å²) in [6.45, 7) is 2.69. The number of carbonyl (C=O) groups excluding carboxylic acids is 1. The Morgan fingerprint density at radius 3 is 2.84 bits per heavy atom. The topological polar surface area (TPSA) is 23.6 Å². The molecule has 1 fully saturated rings. The van der Waals surface area contributed by atoms with Gasteiger partial charge in [0.1, 0.15) is 5.88 Å². The standard InChI is InChI=1S/C15H21ClN2O/c1-17(11-13-6-3-2-4-7-13)12-14-8-5-9-18(14)15(19)10-16/h2-4,6-7,14H,5,8-12H2,1H3/t14-/m0/s1. The zero-order chi connectivity index (χ0) is 13.7. The largest absolute Gasteiger partial charge is 0.337 e. The van der Waals surface area contributed by atoms with Crippen molar-refractivity contribution in [1.82, 2.24) is 9.80 Å². The Bertz CT molecular complexity index is 410. The van der Waals surface area contributed by atoms with Crippen LogP contribution in [0.5, 0.6) is 0 Å². The Kier molecular flexibility index (Phi) is 5.23. The van der Waals surface area contributed by atoms with Crippen molar-refractivity contribution in [3.63, 3.8) is 0 Å². The number of nitrogens with zero attached hydrogens (tertiary/aromatic N) is 2. The second-order valence-electron chi connectivity index (χ2n) is 5.20. The van der Waals surface area contributed by atoms with E-state index in [1.165, 1.54) is 5.56 Å². The van der Waals surface area contributed by atoms with E-state index in [2.05, 4.69) is 36.2 Å². The lowest BCUT2D eigenvalue weighted by Crippen LogP contribution is -2.42. The van der Waals surface area contributed by atoms with E-state index in [0.29, 0.717) is 6.04 Å². The average Bonchev–Trinajstić information content (AvgIpc) is 2.87. The smallest absolute Gasteiger partial charge is 0.237 e. The number of likely N-dealkylation sites (tertiary alicyclic amines) is 1. The lowest BCUT2D eigenvalue weighted by Gasteiger charge is -2.28. The van der Waals surface area contributed by atoms with Gasteiger partial charge in [-0.05, 0) is 25.5 Å². The highest BCUT2D eigenvalue weighted by molar-refractivity contribution is 6.27. The van der Waals surface area contributed by atoms with Crippen LogP contribution in [0, 0.1) is 0 Å². The fraction of sp³-hybridized carbons (Fsp3) is 0.533. The van der Waals surface area contributed by atoms with E-state index < -0.39 is 0 Å². The predicted molar refractivity (Wildman–Crippen MR) is 78.2 cm³/mol. The molecule has 0 N–H and O–H groups in total. The normalized spacial score (nSPS) is 19.1. The van der Waals surface area contributed by atoms with E-state index in [4.69, 9.17) is 11.6 Å². The van der Waals surface area contributed by atoms with Crippen molar-refractivity contribution in [1.29, 1.82) is 0 Å². The van der Waals surface area contributed by atoms with Gasteiger partial charge in [0.2, 0.25) is 5.91 Å². The van der Waals surface area contributed by atoms with Crippen LogP contribution < -0.4 is 0 Å². The van der Waals surface area contributed by atoms with Gasteiger partial charge in [0.25, 0.3) is 0 Å². The summed E-state index contributed by atoms with van der Waals surface area (Å²) in [5, 5.41) is 0. The van der Waals surface area contributed by atoms with E-state index in [1.807, 2.05) is 11.0 Å². The number of benzene rings is 1. The maximum absolute atomic E-state index is 11.7. The summed E-state index contributed by atoms with van der Waals surface area (Å²) in [4.78, 5) is 16.0. The van der Waals surface area contributed by atoms with Gasteiger partial charge in [-0.2, -0.15) is 0 Å². The van der Waals surface area contributed by atoms with Crippen molar-refractivity contribution in [2.24, 2.45) is 0 Å². The Labute approximate surface area is 120 Å². The lowest BCUT2D eigenvalue weighted by atomic mass is 10.2. The van der Waals surface area contributed by atoms with E-state index in [9.17, 15) is 4.79 Å². The summed E-state index contributed by atoms with van der Waals surface area (Å²) in [5.74, 6) is 0.163. The maximum atomic E-state index is 11.7. The van der Waals surface area contributed by atoms with Crippen LogP contribution in [0.15, 0.2) is 30.3 Å². The molecule has 1 aromatic rings. The van der Waals surface area contributed by atoms with Crippen LogP contribution in [0.25, 0.3) is 0 Å². The molecule has 1 amide bonds. The Hall–Kier alpha value is -1.06. The molecule has 0 aliphatic carbocycles. The monoisotopic (exact) mass is 280 g/mol. The number of likely N-dealkylation sites (N-methyl/N-ethyl adjacent to an activating group) is 1. The molecule has 0 bridgehead atoms. The quantitative estimate of drug-likeness (QED) is 0.773. The molecule has 0 radical (unpaired) electrons. The third kappa shape index (κ3) is 3.95. The van der Waals surface area contributed by atoms with E-state index in [0.717, 1.165) is 32.5 Å². The van der Waals surface area contributed by atoms with Gasteiger partial charge in [-0.1, -0.05) is 30.3 Å². The third-order valence-electron chi connectivity index (χ3n) is 3.63. The predicted octanol–water partition coefficient (Wildman–Crippen LogP) is 2.35. The molecule has 0 aromatic heterocycles. The molecule has 0 unspecified atom stereocenters. The molecule has 1 heterocycles. The van der Waals surface area contributed by atoms with Crippen LogP contribution in [-0.2, 0) is 11.3 Å². The molecule has 1 aliphatic rings. The van der Waals surface area contributed by atoms with Crippen molar-refractivity contribution in [2.45, 2.75) is 25.4 Å². The average molecular weight is 281 g/mol. The summed E-state index contributed by atoms with van der Waals surface area (Å²) >= 11 is 5.66. The first-order chi connectivity index (χ1) is 9.20. The van der Waals surface area contributed by atoms with Gasteiger partial charge in [-0.3, -0.25) is 4.79 Å². The fourth-order valence-corrected chi connectivity index (χ4v) is 2.90. The number of carbonyl (C=O) groups is 1. The van der Waals surface area contributed by atoms with Crippen molar-refractivity contribution in [2.75, 3.05) is 26.0 Å². The molecular weight excluding hydrogens is 260 g/mol. The molecule has 19 heavy (non-hydrogen) atoms. The SMILES string of the molecule is CN(Cc1ccccc1)C[C@@H]1CCCN1C(=O)CCl. The molecule has 3 nitrogen and oxygen atoms in total. The number of halogens is 1. The summed E-state index contributed by atoms with van der Waals surface area (Å²) in [7, 11) is 2.11. The van der Waals surface area contributed by atoms with Crippen LogP contribution in [0.3, 0.4) is 0 Å². The minimum Gasteiger partial charge on any atom is -0.337 e. The minimum atomic E-state index is 0.0669. The zero-order valence-corrected chi connectivity index (χ0v) is 12.1. The summed E-state index contributed by atoms with van der Waals surface area (Å²) in [6.07, 6.45) is 2.17. The second-order valence-corrected chi connectivity index (χ2v) is 5.47. The van der Waals surface area contributed by atoms with Crippen LogP contribution in [0.2, 0.25) is 0 Å².